The Morgan fingerprint density at radius 3 is 2.36 bits per heavy atom. The van der Waals surface area contributed by atoms with Gasteiger partial charge in [-0.2, -0.15) is 0 Å². The number of nitrogens with zero attached hydrogens (tertiary/aromatic N) is 1. The Labute approximate surface area is 83.3 Å². The summed E-state index contributed by atoms with van der Waals surface area (Å²) in [6.07, 6.45) is 5.50. The molecule has 0 saturated carbocycles. The van der Waals surface area contributed by atoms with Crippen molar-refractivity contribution in [1.82, 2.24) is 0 Å². The molecule has 0 fully saturated rings. The Morgan fingerprint density at radius 2 is 1.93 bits per heavy atom. The SMILES string of the molecule is C=CN=C(C=C)OC(=N)/C=C\C(C)=N. The fraction of sp³-hybridized carbons (Fsp3) is 0.100. The average molecular weight is 191 g/mol. The number of nitrogens with one attached hydrogen (secondary N) is 2. The fourth-order valence-electron chi connectivity index (χ4n) is 0.558. The Morgan fingerprint density at radius 1 is 1.29 bits per heavy atom. The first-order valence-electron chi connectivity index (χ1n) is 3.91. The van der Waals surface area contributed by atoms with Crippen molar-refractivity contribution in [3.8, 4) is 0 Å². The summed E-state index contributed by atoms with van der Waals surface area (Å²) in [7, 11) is 0. The lowest BCUT2D eigenvalue weighted by atomic mass is 10.4. The maximum Gasteiger partial charge on any atom is 0.220 e. The lowest BCUT2D eigenvalue weighted by molar-refractivity contribution is 0.549. The summed E-state index contributed by atoms with van der Waals surface area (Å²) in [5, 5.41) is 14.4. The summed E-state index contributed by atoms with van der Waals surface area (Å²) >= 11 is 0. The highest BCUT2D eigenvalue weighted by Crippen LogP contribution is 1.90. The largest absolute Gasteiger partial charge is 0.421 e. The van der Waals surface area contributed by atoms with Gasteiger partial charge in [0.2, 0.25) is 11.8 Å². The predicted molar refractivity (Wildman–Crippen MR) is 59.2 cm³/mol. The molecule has 0 aliphatic rings. The van der Waals surface area contributed by atoms with E-state index in [-0.39, 0.29) is 11.8 Å². The second-order valence-corrected chi connectivity index (χ2v) is 2.34. The van der Waals surface area contributed by atoms with Crippen molar-refractivity contribution in [3.63, 3.8) is 0 Å². The zero-order valence-corrected chi connectivity index (χ0v) is 8.08. The summed E-state index contributed by atoms with van der Waals surface area (Å²) in [4.78, 5) is 3.72. The van der Waals surface area contributed by atoms with Gasteiger partial charge in [0.25, 0.3) is 0 Å². The molecule has 0 rings (SSSR count). The van der Waals surface area contributed by atoms with Crippen LogP contribution >= 0.6 is 0 Å². The second-order valence-electron chi connectivity index (χ2n) is 2.34. The fourth-order valence-corrected chi connectivity index (χ4v) is 0.558. The van der Waals surface area contributed by atoms with Crippen LogP contribution in [-0.2, 0) is 4.74 Å². The lowest BCUT2D eigenvalue weighted by Crippen LogP contribution is -2.06. The topological polar surface area (TPSA) is 69.3 Å². The molecule has 0 aromatic rings. The van der Waals surface area contributed by atoms with E-state index in [1.165, 1.54) is 24.4 Å². The molecule has 0 radical (unpaired) electrons. The minimum absolute atomic E-state index is 0.0999. The van der Waals surface area contributed by atoms with Crippen LogP contribution < -0.4 is 0 Å². The number of ether oxygens (including phenoxy) is 1. The highest BCUT2D eigenvalue weighted by molar-refractivity contribution is 6.03. The molecule has 0 heterocycles. The molecule has 74 valence electrons. The summed E-state index contributed by atoms with van der Waals surface area (Å²) < 4.78 is 4.95. The summed E-state index contributed by atoms with van der Waals surface area (Å²) in [6.45, 7) is 8.46. The average Bonchev–Trinajstić information content (AvgIpc) is 2.14. The van der Waals surface area contributed by atoms with Gasteiger partial charge in [-0.3, -0.25) is 5.41 Å². The molecule has 2 N–H and O–H groups in total. The zero-order valence-electron chi connectivity index (χ0n) is 8.08. The highest BCUT2D eigenvalue weighted by Gasteiger charge is 1.96. The van der Waals surface area contributed by atoms with Crippen LogP contribution in [0.4, 0.5) is 0 Å². The Bertz CT molecular complexity index is 313. The molecule has 0 bridgehead atoms. The number of hydrogen-bond donors (Lipinski definition) is 2. The summed E-state index contributed by atoms with van der Waals surface area (Å²) in [6, 6.07) is 0. The van der Waals surface area contributed by atoms with Gasteiger partial charge in [-0.15, -0.1) is 0 Å². The molecule has 0 atom stereocenters. The van der Waals surface area contributed by atoms with Gasteiger partial charge >= 0.3 is 0 Å². The van der Waals surface area contributed by atoms with Gasteiger partial charge in [-0.25, -0.2) is 4.99 Å². The summed E-state index contributed by atoms with van der Waals surface area (Å²) in [5.41, 5.74) is 0.346. The van der Waals surface area contributed by atoms with Crippen molar-refractivity contribution in [2.24, 2.45) is 4.99 Å². The van der Waals surface area contributed by atoms with E-state index >= 15 is 0 Å². The van der Waals surface area contributed by atoms with E-state index in [0.29, 0.717) is 5.71 Å². The Balaban J connectivity index is 4.30. The molecule has 0 saturated heterocycles. The number of aliphatic imine (C=N–C) groups is 1. The van der Waals surface area contributed by atoms with Crippen LogP contribution in [0.1, 0.15) is 6.92 Å². The molecule has 0 spiro atoms. The minimum atomic E-state index is -0.0999. The van der Waals surface area contributed by atoms with Crippen LogP contribution in [0.15, 0.2) is 42.6 Å². The standard InChI is InChI=1S/C10H13N3O/c1-4-10(13-5-2)14-9(12)7-6-8(3)11/h4-7,11-12H,1-2H2,3H3/b7-6-,11-8?,12-9?,13-10?. The molecular formula is C10H13N3O. The van der Waals surface area contributed by atoms with Crippen molar-refractivity contribution in [2.45, 2.75) is 6.92 Å². The molecule has 0 unspecified atom stereocenters. The third-order valence-corrected chi connectivity index (χ3v) is 1.09. The second kappa shape index (κ2) is 6.54. The first-order chi connectivity index (χ1) is 6.60. The van der Waals surface area contributed by atoms with Gasteiger partial charge in [-0.1, -0.05) is 13.2 Å². The van der Waals surface area contributed by atoms with E-state index in [4.69, 9.17) is 15.6 Å². The molecule has 0 amide bonds. The van der Waals surface area contributed by atoms with Crippen molar-refractivity contribution in [1.29, 1.82) is 10.8 Å². The van der Waals surface area contributed by atoms with Crippen molar-refractivity contribution in [3.05, 3.63) is 37.6 Å². The first-order valence-corrected chi connectivity index (χ1v) is 3.91. The number of hydrogen-bond acceptors (Lipinski definition) is 4. The van der Waals surface area contributed by atoms with Gasteiger partial charge in [0.1, 0.15) is 0 Å². The van der Waals surface area contributed by atoms with Gasteiger partial charge in [0.15, 0.2) is 0 Å². The van der Waals surface area contributed by atoms with Gasteiger partial charge in [0.05, 0.1) is 0 Å². The zero-order chi connectivity index (χ0) is 11.0. The van der Waals surface area contributed by atoms with Gasteiger partial charge < -0.3 is 10.1 Å². The third-order valence-electron chi connectivity index (χ3n) is 1.09. The van der Waals surface area contributed by atoms with E-state index in [0.717, 1.165) is 0 Å². The van der Waals surface area contributed by atoms with E-state index in [1.807, 2.05) is 0 Å². The number of allylic oxidation sites excluding steroid dienone is 1. The molecular weight excluding hydrogens is 178 g/mol. The predicted octanol–water partition coefficient (Wildman–Crippen LogP) is 2.30. The molecule has 0 aromatic heterocycles. The van der Waals surface area contributed by atoms with Crippen LogP contribution in [0.25, 0.3) is 0 Å². The molecule has 0 aliphatic carbocycles. The highest BCUT2D eigenvalue weighted by atomic mass is 16.5. The van der Waals surface area contributed by atoms with Crippen molar-refractivity contribution < 1.29 is 4.74 Å². The third kappa shape index (κ3) is 5.65. The van der Waals surface area contributed by atoms with E-state index in [9.17, 15) is 0 Å². The van der Waals surface area contributed by atoms with Crippen LogP contribution in [0.2, 0.25) is 0 Å². The maximum atomic E-state index is 7.33. The molecule has 4 nitrogen and oxygen atoms in total. The van der Waals surface area contributed by atoms with E-state index in [2.05, 4.69) is 18.2 Å². The van der Waals surface area contributed by atoms with Crippen molar-refractivity contribution in [2.75, 3.05) is 0 Å². The summed E-state index contributed by atoms with van der Waals surface area (Å²) in [5.74, 6) is 0.106. The minimum Gasteiger partial charge on any atom is -0.421 e. The van der Waals surface area contributed by atoms with E-state index < -0.39 is 0 Å². The first kappa shape index (κ1) is 12.0. The quantitative estimate of drug-likeness (QED) is 0.519. The molecule has 14 heavy (non-hydrogen) atoms. The Hall–Kier alpha value is -1.97. The number of rotatable bonds is 4. The Kier molecular flexibility index (Phi) is 5.62. The van der Waals surface area contributed by atoms with Crippen LogP contribution in [0.3, 0.4) is 0 Å². The molecule has 0 aliphatic heterocycles. The normalized spacial score (nSPS) is 11.1. The van der Waals surface area contributed by atoms with Crippen molar-refractivity contribution >= 4 is 17.5 Å². The van der Waals surface area contributed by atoms with Crippen LogP contribution in [0, 0.1) is 10.8 Å². The molecule has 4 heteroatoms. The van der Waals surface area contributed by atoms with Gasteiger partial charge in [0, 0.05) is 18.0 Å². The lowest BCUT2D eigenvalue weighted by Gasteiger charge is -2.00. The monoisotopic (exact) mass is 191 g/mol. The smallest absolute Gasteiger partial charge is 0.220 e. The molecule has 0 aromatic carbocycles. The van der Waals surface area contributed by atoms with Crippen LogP contribution in [-0.4, -0.2) is 17.5 Å². The van der Waals surface area contributed by atoms with Gasteiger partial charge in [-0.05, 0) is 19.1 Å². The van der Waals surface area contributed by atoms with E-state index in [1.54, 1.807) is 6.92 Å². The maximum absolute atomic E-state index is 7.33. The van der Waals surface area contributed by atoms with Crippen LogP contribution in [0.5, 0.6) is 0 Å².